The number of nitriles is 1. The highest BCUT2D eigenvalue weighted by atomic mass is 35.5. The van der Waals surface area contributed by atoms with Crippen molar-refractivity contribution in [2.75, 3.05) is 5.88 Å². The van der Waals surface area contributed by atoms with Gasteiger partial charge in [0.05, 0.1) is 11.6 Å². The maximum Gasteiger partial charge on any atom is 0.0994 e. The lowest BCUT2D eigenvalue weighted by atomic mass is 10.0. The van der Waals surface area contributed by atoms with Crippen molar-refractivity contribution < 1.29 is 0 Å². The lowest BCUT2D eigenvalue weighted by Crippen LogP contribution is -1.89. The minimum Gasteiger partial charge on any atom is -0.192 e. The number of hydrogen-bond acceptors (Lipinski definition) is 1. The predicted molar refractivity (Wildman–Crippen MR) is 52.7 cm³/mol. The molecule has 1 aromatic rings. The number of alkyl halides is 1. The number of hydrogen-bond donors (Lipinski definition) is 0. The van der Waals surface area contributed by atoms with Crippen LogP contribution in [0, 0.1) is 17.2 Å². The quantitative estimate of drug-likeness (QED) is 0.660. The number of rotatable bonds is 2. The van der Waals surface area contributed by atoms with Crippen molar-refractivity contribution in [2.24, 2.45) is 5.92 Å². The molecule has 0 N–H and O–H groups in total. The fourth-order valence-electron chi connectivity index (χ4n) is 1.72. The van der Waals surface area contributed by atoms with Crippen LogP contribution in [0.1, 0.15) is 23.5 Å². The van der Waals surface area contributed by atoms with Crippen LogP contribution in [0.5, 0.6) is 0 Å². The minimum absolute atomic E-state index is 0.536. The summed E-state index contributed by atoms with van der Waals surface area (Å²) in [5.41, 5.74) is 1.98. The second kappa shape index (κ2) is 3.40. The third-order valence-electron chi connectivity index (χ3n) is 2.60. The van der Waals surface area contributed by atoms with Gasteiger partial charge in [-0.25, -0.2) is 0 Å². The van der Waals surface area contributed by atoms with E-state index in [2.05, 4.69) is 6.07 Å². The molecule has 1 fully saturated rings. The van der Waals surface area contributed by atoms with E-state index >= 15 is 0 Å². The van der Waals surface area contributed by atoms with E-state index in [1.807, 2.05) is 24.3 Å². The van der Waals surface area contributed by atoms with Gasteiger partial charge in [-0.15, -0.1) is 11.6 Å². The molecule has 0 saturated heterocycles. The van der Waals surface area contributed by atoms with Crippen LogP contribution < -0.4 is 0 Å². The molecule has 0 bridgehead atoms. The highest BCUT2D eigenvalue weighted by Crippen LogP contribution is 2.48. The normalized spacial score (nSPS) is 25.2. The molecule has 2 unspecified atom stereocenters. The van der Waals surface area contributed by atoms with E-state index in [4.69, 9.17) is 16.9 Å². The minimum atomic E-state index is 0.536. The van der Waals surface area contributed by atoms with Crippen LogP contribution in [0.15, 0.2) is 24.3 Å². The van der Waals surface area contributed by atoms with Crippen LogP contribution >= 0.6 is 11.6 Å². The Morgan fingerprint density at radius 1 is 1.46 bits per heavy atom. The lowest BCUT2D eigenvalue weighted by molar-refractivity contribution is 0.921. The average molecular weight is 192 g/mol. The highest BCUT2D eigenvalue weighted by Gasteiger charge is 2.38. The zero-order chi connectivity index (χ0) is 9.26. The van der Waals surface area contributed by atoms with Crippen LogP contribution in [-0.2, 0) is 0 Å². The molecule has 1 saturated carbocycles. The molecule has 2 rings (SSSR count). The summed E-state index contributed by atoms with van der Waals surface area (Å²) in [5, 5.41) is 8.87. The molecular weight excluding hydrogens is 182 g/mol. The van der Waals surface area contributed by atoms with Crippen molar-refractivity contribution in [2.45, 2.75) is 12.3 Å². The summed E-state index contributed by atoms with van der Waals surface area (Å²) in [4.78, 5) is 0. The van der Waals surface area contributed by atoms with E-state index in [1.54, 1.807) is 0 Å². The van der Waals surface area contributed by atoms with Gasteiger partial charge in [-0.05, 0) is 29.9 Å². The lowest BCUT2D eigenvalue weighted by Gasteiger charge is -2.00. The second-order valence-electron chi connectivity index (χ2n) is 3.46. The third-order valence-corrected chi connectivity index (χ3v) is 3.00. The van der Waals surface area contributed by atoms with Crippen molar-refractivity contribution in [3.63, 3.8) is 0 Å². The Morgan fingerprint density at radius 3 is 2.85 bits per heavy atom. The Morgan fingerprint density at radius 2 is 2.23 bits per heavy atom. The summed E-state index contributed by atoms with van der Waals surface area (Å²) >= 11 is 5.76. The first kappa shape index (κ1) is 8.59. The summed E-state index contributed by atoms with van der Waals surface area (Å²) in [6.45, 7) is 0. The van der Waals surface area contributed by atoms with Crippen molar-refractivity contribution in [3.05, 3.63) is 35.4 Å². The van der Waals surface area contributed by atoms with Crippen LogP contribution in [0.4, 0.5) is 0 Å². The van der Waals surface area contributed by atoms with Crippen molar-refractivity contribution in [1.29, 1.82) is 5.26 Å². The standard InChI is InChI=1S/C11H10ClN/c12-6-9-5-11(9)10-4-2-1-3-8(10)7-13/h1-4,9,11H,5-6H2. The van der Waals surface area contributed by atoms with Gasteiger partial charge in [0.2, 0.25) is 0 Å². The molecule has 2 atom stereocenters. The molecule has 66 valence electrons. The average Bonchev–Trinajstić information content (AvgIpc) is 2.96. The van der Waals surface area contributed by atoms with E-state index < -0.39 is 0 Å². The molecule has 13 heavy (non-hydrogen) atoms. The zero-order valence-electron chi connectivity index (χ0n) is 7.20. The van der Waals surface area contributed by atoms with Gasteiger partial charge in [0.1, 0.15) is 0 Å². The molecule has 2 heteroatoms. The maximum atomic E-state index is 8.87. The largest absolute Gasteiger partial charge is 0.192 e. The van der Waals surface area contributed by atoms with Crippen molar-refractivity contribution >= 4 is 11.6 Å². The fraction of sp³-hybridized carbons (Fsp3) is 0.364. The molecule has 1 aliphatic rings. The molecule has 0 aliphatic heterocycles. The van der Waals surface area contributed by atoms with Crippen LogP contribution in [0.2, 0.25) is 0 Å². The molecule has 0 radical (unpaired) electrons. The second-order valence-corrected chi connectivity index (χ2v) is 3.76. The molecule has 1 nitrogen and oxygen atoms in total. The third kappa shape index (κ3) is 1.55. The number of nitrogens with zero attached hydrogens (tertiary/aromatic N) is 1. The summed E-state index contributed by atoms with van der Waals surface area (Å²) < 4.78 is 0. The molecular formula is C11H10ClN. The van der Waals surface area contributed by atoms with Gasteiger partial charge in [0, 0.05) is 5.88 Å². The Labute approximate surface area is 82.9 Å². The van der Waals surface area contributed by atoms with E-state index in [9.17, 15) is 0 Å². The van der Waals surface area contributed by atoms with E-state index in [1.165, 1.54) is 5.56 Å². The van der Waals surface area contributed by atoms with Crippen LogP contribution in [0.3, 0.4) is 0 Å². The Kier molecular flexibility index (Phi) is 2.24. The Bertz CT molecular complexity index is 353. The summed E-state index contributed by atoms with van der Waals surface area (Å²) in [5.74, 6) is 1.84. The molecule has 1 aromatic carbocycles. The maximum absolute atomic E-state index is 8.87. The van der Waals surface area contributed by atoms with Crippen molar-refractivity contribution in [3.8, 4) is 6.07 Å². The molecule has 0 aromatic heterocycles. The summed E-state index contributed by atoms with van der Waals surface area (Å²) in [6, 6.07) is 10.0. The summed E-state index contributed by atoms with van der Waals surface area (Å²) in [7, 11) is 0. The predicted octanol–water partition coefficient (Wildman–Crippen LogP) is 2.90. The van der Waals surface area contributed by atoms with E-state index in [-0.39, 0.29) is 0 Å². The Hall–Kier alpha value is -1.00. The van der Waals surface area contributed by atoms with E-state index in [0.717, 1.165) is 12.0 Å². The first-order valence-electron chi connectivity index (χ1n) is 4.41. The molecule has 0 spiro atoms. The first-order chi connectivity index (χ1) is 6.36. The van der Waals surface area contributed by atoms with Gasteiger partial charge < -0.3 is 0 Å². The Balaban J connectivity index is 2.27. The molecule has 0 amide bonds. The van der Waals surface area contributed by atoms with Gasteiger partial charge in [0.15, 0.2) is 0 Å². The first-order valence-corrected chi connectivity index (χ1v) is 4.95. The SMILES string of the molecule is N#Cc1ccccc1C1CC1CCl. The van der Waals surface area contributed by atoms with Crippen molar-refractivity contribution in [1.82, 2.24) is 0 Å². The smallest absolute Gasteiger partial charge is 0.0994 e. The summed E-state index contributed by atoms with van der Waals surface area (Å²) in [6.07, 6.45) is 1.14. The van der Waals surface area contributed by atoms with Gasteiger partial charge in [0.25, 0.3) is 0 Å². The van der Waals surface area contributed by atoms with Crippen LogP contribution in [-0.4, -0.2) is 5.88 Å². The van der Waals surface area contributed by atoms with Gasteiger partial charge in [-0.3, -0.25) is 0 Å². The topological polar surface area (TPSA) is 23.8 Å². The number of benzene rings is 1. The fourth-order valence-corrected chi connectivity index (χ4v) is 2.06. The van der Waals surface area contributed by atoms with Gasteiger partial charge >= 0.3 is 0 Å². The monoisotopic (exact) mass is 191 g/mol. The zero-order valence-corrected chi connectivity index (χ0v) is 7.96. The van der Waals surface area contributed by atoms with Gasteiger partial charge in [-0.1, -0.05) is 18.2 Å². The number of halogens is 1. The molecule has 1 aliphatic carbocycles. The van der Waals surface area contributed by atoms with Crippen LogP contribution in [0.25, 0.3) is 0 Å². The highest BCUT2D eigenvalue weighted by molar-refractivity contribution is 6.18. The molecule has 0 heterocycles. The van der Waals surface area contributed by atoms with Gasteiger partial charge in [-0.2, -0.15) is 5.26 Å². The van der Waals surface area contributed by atoms with E-state index in [0.29, 0.717) is 17.7 Å².